The average molecular weight is 452 g/mol. The lowest BCUT2D eigenvalue weighted by Gasteiger charge is -2.20. The number of aryl methyl sites for hydroxylation is 1. The summed E-state index contributed by atoms with van der Waals surface area (Å²) in [6.45, 7) is -2.19. The Hall–Kier alpha value is -3.25. The summed E-state index contributed by atoms with van der Waals surface area (Å²) < 4.78 is 80.7. The van der Waals surface area contributed by atoms with Crippen LogP contribution in [-0.4, -0.2) is 47.2 Å². The quantitative estimate of drug-likeness (QED) is 0.633. The second-order valence-electron chi connectivity index (χ2n) is 6.50. The summed E-state index contributed by atoms with van der Waals surface area (Å²) in [5.74, 6) is -1.11. The number of hydrogen-bond acceptors (Lipinski definition) is 4. The number of rotatable bonds is 7. The van der Waals surface area contributed by atoms with Crippen molar-refractivity contribution in [1.82, 2.24) is 20.4 Å². The van der Waals surface area contributed by atoms with Crippen molar-refractivity contribution in [3.05, 3.63) is 53.3 Å². The molecule has 2 amide bonds. The maximum absolute atomic E-state index is 13.0. The number of carbonyl (C=O) groups is 2. The molecule has 0 fully saturated rings. The molecule has 1 aromatic carbocycles. The van der Waals surface area contributed by atoms with E-state index in [0.29, 0.717) is 5.56 Å². The van der Waals surface area contributed by atoms with Crippen molar-refractivity contribution in [1.29, 1.82) is 0 Å². The van der Waals surface area contributed by atoms with Crippen LogP contribution in [0.5, 0.6) is 0 Å². The fourth-order valence-corrected chi connectivity index (χ4v) is 2.60. The first-order valence-corrected chi connectivity index (χ1v) is 8.78. The van der Waals surface area contributed by atoms with Gasteiger partial charge in [-0.1, -0.05) is 30.3 Å². The second-order valence-corrected chi connectivity index (χ2v) is 6.50. The first-order valence-electron chi connectivity index (χ1n) is 8.78. The molecule has 2 rings (SSSR count). The first kappa shape index (κ1) is 24.0. The summed E-state index contributed by atoms with van der Waals surface area (Å²) >= 11 is 0. The van der Waals surface area contributed by atoms with Gasteiger partial charge in [-0.2, -0.15) is 31.4 Å². The summed E-state index contributed by atoms with van der Waals surface area (Å²) in [4.78, 5) is 24.0. The van der Waals surface area contributed by atoms with Crippen LogP contribution in [-0.2, 0) is 24.4 Å². The minimum absolute atomic E-state index is 0.0708. The summed E-state index contributed by atoms with van der Waals surface area (Å²) in [6.07, 6.45) is -10.0. The maximum atomic E-state index is 13.0. The molecule has 1 heterocycles. The van der Waals surface area contributed by atoms with Gasteiger partial charge in [0.1, 0.15) is 0 Å². The van der Waals surface area contributed by atoms with Crippen LogP contribution in [0.25, 0.3) is 0 Å². The zero-order valence-corrected chi connectivity index (χ0v) is 16.0. The highest BCUT2D eigenvalue weighted by Gasteiger charge is 2.39. The molecule has 1 atom stereocenters. The molecule has 0 saturated heterocycles. The highest BCUT2D eigenvalue weighted by molar-refractivity contribution is 5.95. The van der Waals surface area contributed by atoms with Crippen LogP contribution >= 0.6 is 0 Å². The number of halogens is 6. The Morgan fingerprint density at radius 2 is 1.77 bits per heavy atom. The normalized spacial score (nSPS) is 12.9. The van der Waals surface area contributed by atoms with E-state index in [0.717, 1.165) is 10.9 Å². The number of carbonyl (C=O) groups excluding carboxylic acids is 2. The van der Waals surface area contributed by atoms with Crippen molar-refractivity contribution in [3.8, 4) is 0 Å². The molecule has 13 heteroatoms. The van der Waals surface area contributed by atoms with Gasteiger partial charge in [0.25, 0.3) is 5.91 Å². The number of alkyl carbamates (subject to hydrolysis) is 1. The van der Waals surface area contributed by atoms with Gasteiger partial charge in [0.05, 0.1) is 11.6 Å². The van der Waals surface area contributed by atoms with Crippen molar-refractivity contribution in [2.75, 3.05) is 13.2 Å². The Morgan fingerprint density at radius 3 is 2.35 bits per heavy atom. The summed E-state index contributed by atoms with van der Waals surface area (Å²) in [5.41, 5.74) is -1.45. The minimum atomic E-state index is -4.86. The molecule has 0 saturated carbocycles. The average Bonchev–Trinajstić information content (AvgIpc) is 3.07. The topological polar surface area (TPSA) is 85.2 Å². The van der Waals surface area contributed by atoms with Gasteiger partial charge in [0, 0.05) is 19.8 Å². The highest BCUT2D eigenvalue weighted by atomic mass is 19.4. The standard InChI is InChI=1S/C18H18F6N4O3/c1-28-9-13(14(27-28)18(22,23)24)15(29)25-8-12(7-11-5-3-2-4-6-11)26-16(30)31-10-17(19,20)21/h2-6,9,12H,7-8,10H2,1H3,(H,25,29)(H,26,30). The van der Waals surface area contributed by atoms with Crippen LogP contribution in [0.4, 0.5) is 31.1 Å². The number of benzene rings is 1. The zero-order valence-electron chi connectivity index (χ0n) is 16.0. The fraction of sp³-hybridized carbons (Fsp3) is 0.389. The van der Waals surface area contributed by atoms with Crippen LogP contribution in [0.15, 0.2) is 36.5 Å². The van der Waals surface area contributed by atoms with E-state index < -0.39 is 48.3 Å². The molecular weight excluding hydrogens is 434 g/mol. The predicted molar refractivity (Wildman–Crippen MR) is 95.0 cm³/mol. The monoisotopic (exact) mass is 452 g/mol. The lowest BCUT2D eigenvalue weighted by atomic mass is 10.1. The molecule has 0 aliphatic carbocycles. The Morgan fingerprint density at radius 1 is 1.13 bits per heavy atom. The molecule has 170 valence electrons. The third-order valence-electron chi connectivity index (χ3n) is 3.86. The van der Waals surface area contributed by atoms with E-state index in [1.807, 2.05) is 0 Å². The predicted octanol–water partition coefficient (Wildman–Crippen LogP) is 3.07. The van der Waals surface area contributed by atoms with Gasteiger partial charge in [-0.3, -0.25) is 9.48 Å². The number of amides is 2. The number of ether oxygens (including phenoxy) is 1. The first-order chi connectivity index (χ1) is 14.3. The molecule has 31 heavy (non-hydrogen) atoms. The largest absolute Gasteiger partial charge is 0.440 e. The van der Waals surface area contributed by atoms with Crippen molar-refractivity contribution in [2.24, 2.45) is 7.05 Å². The van der Waals surface area contributed by atoms with Crippen LogP contribution in [0.1, 0.15) is 21.6 Å². The van der Waals surface area contributed by atoms with Crippen molar-refractivity contribution >= 4 is 12.0 Å². The van der Waals surface area contributed by atoms with Crippen LogP contribution in [0.3, 0.4) is 0 Å². The molecule has 1 unspecified atom stereocenters. The van der Waals surface area contributed by atoms with E-state index >= 15 is 0 Å². The second kappa shape index (κ2) is 9.71. The molecule has 0 bridgehead atoms. The van der Waals surface area contributed by atoms with Gasteiger partial charge in [0.15, 0.2) is 12.3 Å². The van der Waals surface area contributed by atoms with Gasteiger partial charge in [-0.05, 0) is 12.0 Å². The molecule has 1 aromatic heterocycles. The molecule has 2 aromatic rings. The summed E-state index contributed by atoms with van der Waals surface area (Å²) in [7, 11) is 1.21. The SMILES string of the molecule is Cn1cc(C(=O)NCC(Cc2ccccc2)NC(=O)OCC(F)(F)F)c(C(F)(F)F)n1. The zero-order chi connectivity index (χ0) is 23.2. The molecule has 2 N–H and O–H groups in total. The van der Waals surface area contributed by atoms with E-state index in [-0.39, 0.29) is 13.0 Å². The number of nitrogens with zero attached hydrogens (tertiary/aromatic N) is 2. The smallest absolute Gasteiger partial charge is 0.435 e. The van der Waals surface area contributed by atoms with Gasteiger partial charge < -0.3 is 15.4 Å². The molecule has 0 spiro atoms. The number of alkyl halides is 6. The number of nitrogens with one attached hydrogen (secondary N) is 2. The Labute approximate surface area is 172 Å². The summed E-state index contributed by atoms with van der Waals surface area (Å²) in [6, 6.07) is 7.45. The fourth-order valence-electron chi connectivity index (χ4n) is 2.60. The van der Waals surface area contributed by atoms with Gasteiger partial charge in [0.2, 0.25) is 0 Å². The molecule has 0 radical (unpaired) electrons. The van der Waals surface area contributed by atoms with E-state index in [2.05, 4.69) is 20.5 Å². The minimum Gasteiger partial charge on any atom is -0.440 e. The van der Waals surface area contributed by atoms with Crippen molar-refractivity contribution in [2.45, 2.75) is 24.8 Å². The third-order valence-corrected chi connectivity index (χ3v) is 3.86. The van der Waals surface area contributed by atoms with Gasteiger partial charge >= 0.3 is 18.4 Å². The third kappa shape index (κ3) is 7.83. The molecular formula is C18H18F6N4O3. The van der Waals surface area contributed by atoms with E-state index in [9.17, 15) is 35.9 Å². The molecule has 7 nitrogen and oxygen atoms in total. The van der Waals surface area contributed by atoms with E-state index in [4.69, 9.17) is 0 Å². The Balaban J connectivity index is 2.08. The van der Waals surface area contributed by atoms with Gasteiger partial charge in [-0.25, -0.2) is 4.79 Å². The maximum Gasteiger partial charge on any atom is 0.435 e. The van der Waals surface area contributed by atoms with Crippen LogP contribution in [0, 0.1) is 0 Å². The number of hydrogen-bond donors (Lipinski definition) is 2. The number of aromatic nitrogens is 2. The van der Waals surface area contributed by atoms with Crippen molar-refractivity contribution in [3.63, 3.8) is 0 Å². The molecule has 0 aliphatic heterocycles. The van der Waals surface area contributed by atoms with Crippen LogP contribution in [0.2, 0.25) is 0 Å². The highest BCUT2D eigenvalue weighted by Crippen LogP contribution is 2.30. The Kier molecular flexibility index (Phi) is 7.52. The van der Waals surface area contributed by atoms with E-state index in [1.165, 1.54) is 7.05 Å². The lowest BCUT2D eigenvalue weighted by Crippen LogP contribution is -2.45. The Bertz CT molecular complexity index is 896. The summed E-state index contributed by atoms with van der Waals surface area (Å²) in [5, 5.41) is 7.64. The van der Waals surface area contributed by atoms with Crippen molar-refractivity contribution < 1.29 is 40.7 Å². The van der Waals surface area contributed by atoms with Gasteiger partial charge in [-0.15, -0.1) is 0 Å². The van der Waals surface area contributed by atoms with E-state index in [1.54, 1.807) is 30.3 Å². The molecule has 0 aliphatic rings. The van der Waals surface area contributed by atoms with Crippen LogP contribution < -0.4 is 10.6 Å². The lowest BCUT2D eigenvalue weighted by molar-refractivity contribution is -0.160.